The van der Waals surface area contributed by atoms with Gasteiger partial charge in [0.25, 0.3) is 11.8 Å². The fraction of sp³-hybridized carbons (Fsp3) is 0.235. The first kappa shape index (κ1) is 19.7. The highest BCUT2D eigenvalue weighted by Crippen LogP contribution is 2.31. The summed E-state index contributed by atoms with van der Waals surface area (Å²) in [7, 11) is 4.88. The van der Waals surface area contributed by atoms with E-state index in [9.17, 15) is 9.59 Å². The van der Waals surface area contributed by atoms with E-state index in [-0.39, 0.29) is 11.8 Å². The maximum absolute atomic E-state index is 12.7. The summed E-state index contributed by atoms with van der Waals surface area (Å²) < 4.78 is 9.27. The van der Waals surface area contributed by atoms with Gasteiger partial charge in [-0.05, 0) is 24.5 Å². The van der Waals surface area contributed by atoms with Gasteiger partial charge in [-0.2, -0.15) is 4.37 Å². The van der Waals surface area contributed by atoms with Crippen molar-refractivity contribution in [2.24, 2.45) is 0 Å². The van der Waals surface area contributed by atoms with Gasteiger partial charge in [0.2, 0.25) is 5.88 Å². The second-order valence-corrected chi connectivity index (χ2v) is 7.67. The third-order valence-corrected chi connectivity index (χ3v) is 5.39. The molecule has 146 valence electrons. The molecular weight excluding hydrogens is 400 g/mol. The number of aromatic nitrogens is 3. The number of ether oxygens (including phenoxy) is 1. The van der Waals surface area contributed by atoms with Crippen molar-refractivity contribution in [3.05, 3.63) is 40.7 Å². The van der Waals surface area contributed by atoms with Crippen LogP contribution in [-0.2, 0) is 0 Å². The summed E-state index contributed by atoms with van der Waals surface area (Å²) in [4.78, 5) is 35.0. The average molecular weight is 419 g/mol. The van der Waals surface area contributed by atoms with Gasteiger partial charge in [0, 0.05) is 20.2 Å². The van der Waals surface area contributed by atoms with Crippen LogP contribution >= 0.6 is 22.9 Å². The highest BCUT2D eigenvalue weighted by molar-refractivity contribution is 7.18. The van der Waals surface area contributed by atoms with Gasteiger partial charge in [-0.3, -0.25) is 9.59 Å². The molecule has 3 rings (SSSR count). The lowest BCUT2D eigenvalue weighted by molar-refractivity contribution is 0.0831. The molecule has 11 heteroatoms. The Morgan fingerprint density at radius 3 is 2.61 bits per heavy atom. The molecule has 3 aromatic rings. The lowest BCUT2D eigenvalue weighted by atomic mass is 10.2. The number of thiazole rings is 1. The first-order chi connectivity index (χ1) is 13.4. The molecule has 9 nitrogen and oxygen atoms in total. The van der Waals surface area contributed by atoms with E-state index in [1.165, 1.54) is 35.7 Å². The van der Waals surface area contributed by atoms with Crippen LogP contribution in [0.4, 0.5) is 15.8 Å². The molecule has 0 radical (unpaired) electrons. The fourth-order valence-corrected chi connectivity index (χ4v) is 3.94. The summed E-state index contributed by atoms with van der Waals surface area (Å²) in [5, 5.41) is 6.94. The van der Waals surface area contributed by atoms with E-state index in [0.29, 0.717) is 37.8 Å². The highest BCUT2D eigenvalue weighted by atomic mass is 32.1. The minimum Gasteiger partial charge on any atom is -0.481 e. The number of rotatable bonds is 6. The number of methoxy groups -OCH3 is 1. The first-order valence-corrected chi connectivity index (χ1v) is 9.70. The van der Waals surface area contributed by atoms with Crippen molar-refractivity contribution in [2.45, 2.75) is 6.92 Å². The van der Waals surface area contributed by atoms with Crippen LogP contribution in [0.1, 0.15) is 25.7 Å². The van der Waals surface area contributed by atoms with Crippen molar-refractivity contribution in [1.82, 2.24) is 19.2 Å². The van der Waals surface area contributed by atoms with E-state index in [4.69, 9.17) is 4.74 Å². The second kappa shape index (κ2) is 8.31. The fourth-order valence-electron chi connectivity index (χ4n) is 2.24. The molecule has 0 aliphatic rings. The van der Waals surface area contributed by atoms with Crippen molar-refractivity contribution in [2.75, 3.05) is 31.8 Å². The van der Waals surface area contributed by atoms with Gasteiger partial charge in [-0.15, -0.1) is 0 Å². The summed E-state index contributed by atoms with van der Waals surface area (Å²) in [6.07, 6.45) is 3.02. The Kier molecular flexibility index (Phi) is 5.85. The van der Waals surface area contributed by atoms with Crippen LogP contribution in [0.3, 0.4) is 0 Å². The van der Waals surface area contributed by atoms with Crippen molar-refractivity contribution >= 4 is 50.5 Å². The van der Waals surface area contributed by atoms with Crippen LogP contribution in [0.25, 0.3) is 0 Å². The van der Waals surface area contributed by atoms with Crippen LogP contribution in [-0.4, -0.2) is 52.3 Å². The Hall–Kier alpha value is -3.05. The number of hydrogen-bond acceptors (Lipinski definition) is 9. The van der Waals surface area contributed by atoms with E-state index in [1.807, 2.05) is 0 Å². The minimum absolute atomic E-state index is 0.129. The predicted octanol–water partition coefficient (Wildman–Crippen LogP) is 3.01. The van der Waals surface area contributed by atoms with Gasteiger partial charge >= 0.3 is 0 Å². The average Bonchev–Trinajstić information content (AvgIpc) is 3.28. The third kappa shape index (κ3) is 4.26. The second-order valence-electron chi connectivity index (χ2n) is 5.87. The number of carbonyl (C=O) groups excluding carboxylic acids is 2. The van der Waals surface area contributed by atoms with E-state index < -0.39 is 0 Å². The third-order valence-electron chi connectivity index (χ3n) is 3.64. The van der Waals surface area contributed by atoms with Crippen LogP contribution in [0.15, 0.2) is 24.5 Å². The van der Waals surface area contributed by atoms with Crippen molar-refractivity contribution in [3.63, 3.8) is 0 Å². The Labute approximate surface area is 169 Å². The number of pyridine rings is 1. The Morgan fingerprint density at radius 2 is 1.96 bits per heavy atom. The molecule has 0 bridgehead atoms. The van der Waals surface area contributed by atoms with Crippen molar-refractivity contribution in [3.8, 4) is 5.88 Å². The summed E-state index contributed by atoms with van der Waals surface area (Å²) in [6.45, 7) is 1.76. The lowest BCUT2D eigenvalue weighted by Gasteiger charge is -2.08. The summed E-state index contributed by atoms with van der Waals surface area (Å²) in [5.74, 6) is 0.0125. The zero-order valence-corrected chi connectivity index (χ0v) is 17.3. The molecule has 0 aromatic carbocycles. The highest BCUT2D eigenvalue weighted by Gasteiger charge is 2.20. The Balaban J connectivity index is 1.77. The van der Waals surface area contributed by atoms with Gasteiger partial charge in [-0.1, -0.05) is 11.3 Å². The molecule has 2 amide bonds. The molecule has 3 heterocycles. The minimum atomic E-state index is -0.318. The summed E-state index contributed by atoms with van der Waals surface area (Å²) in [5.41, 5.74) is 1.54. The zero-order valence-electron chi connectivity index (χ0n) is 15.6. The maximum Gasteiger partial charge on any atom is 0.265 e. The van der Waals surface area contributed by atoms with Crippen LogP contribution in [0.5, 0.6) is 5.88 Å². The molecule has 0 aliphatic carbocycles. The number of amides is 2. The molecule has 0 aliphatic heterocycles. The van der Waals surface area contributed by atoms with Crippen molar-refractivity contribution in [1.29, 1.82) is 0 Å². The smallest absolute Gasteiger partial charge is 0.265 e. The molecule has 0 saturated carbocycles. The molecule has 0 fully saturated rings. The number of nitrogens with one attached hydrogen (secondary N) is 2. The molecule has 0 unspecified atom stereocenters. The lowest BCUT2D eigenvalue weighted by Crippen LogP contribution is -2.20. The monoisotopic (exact) mass is 418 g/mol. The van der Waals surface area contributed by atoms with Gasteiger partial charge in [0.15, 0.2) is 5.13 Å². The number of hydrogen-bond donors (Lipinski definition) is 2. The van der Waals surface area contributed by atoms with Gasteiger partial charge in [0.1, 0.15) is 9.88 Å². The topological polar surface area (TPSA) is 109 Å². The summed E-state index contributed by atoms with van der Waals surface area (Å²) >= 11 is 2.37. The van der Waals surface area contributed by atoms with Gasteiger partial charge in [0.05, 0.1) is 36.4 Å². The van der Waals surface area contributed by atoms with Crippen LogP contribution in [0, 0.1) is 6.92 Å². The van der Waals surface area contributed by atoms with Gasteiger partial charge in [-0.25, -0.2) is 9.97 Å². The first-order valence-electron chi connectivity index (χ1n) is 8.11. The number of aryl methyl sites for hydroxylation is 1. The Morgan fingerprint density at radius 1 is 1.18 bits per heavy atom. The molecule has 2 N–H and O–H groups in total. The van der Waals surface area contributed by atoms with Crippen LogP contribution < -0.4 is 15.4 Å². The standard InChI is InChI=1S/C17H18N6O3S2/c1-9-13(14(24)20-10-5-6-12(26-4)18-7-10)15(28-22-9)21-17-19-8-11(27-17)16(25)23(2)3/h5-8H,1-4H3,(H,19,21)(H,20,24). The maximum atomic E-state index is 12.7. The molecule has 0 spiro atoms. The molecule has 0 saturated heterocycles. The zero-order chi connectivity index (χ0) is 20.3. The van der Waals surface area contributed by atoms with Crippen molar-refractivity contribution < 1.29 is 14.3 Å². The predicted molar refractivity (Wildman–Crippen MR) is 109 cm³/mol. The largest absolute Gasteiger partial charge is 0.481 e. The molecule has 28 heavy (non-hydrogen) atoms. The number of carbonyl (C=O) groups is 2. The Bertz CT molecular complexity index is 997. The van der Waals surface area contributed by atoms with E-state index in [1.54, 1.807) is 33.2 Å². The quantitative estimate of drug-likeness (QED) is 0.633. The SMILES string of the molecule is COc1ccc(NC(=O)c2c(C)nsc2Nc2ncc(C(=O)N(C)C)s2)cn1. The molecular formula is C17H18N6O3S2. The normalized spacial score (nSPS) is 10.4. The van der Waals surface area contributed by atoms with Gasteiger partial charge < -0.3 is 20.3 Å². The van der Waals surface area contributed by atoms with Crippen LogP contribution in [0.2, 0.25) is 0 Å². The van der Waals surface area contributed by atoms with E-state index in [2.05, 4.69) is 25.0 Å². The number of nitrogens with zero attached hydrogens (tertiary/aromatic N) is 4. The summed E-state index contributed by atoms with van der Waals surface area (Å²) in [6, 6.07) is 3.36. The molecule has 3 aromatic heterocycles. The number of anilines is 3. The molecule has 0 atom stereocenters. The van der Waals surface area contributed by atoms with E-state index in [0.717, 1.165) is 11.5 Å². The van der Waals surface area contributed by atoms with E-state index >= 15 is 0 Å².